The van der Waals surface area contributed by atoms with Crippen LogP contribution in [0.3, 0.4) is 0 Å². The summed E-state index contributed by atoms with van der Waals surface area (Å²) in [5.74, 6) is 0.508. The standard InChI is InChI=1S/C17H13N7/c1-18-13-7-5-12(6-8-13)15-4-3-9-24-16(15)21-17(22-24)20-14-10-19-23(2)11-14/h3-11H,2H3,(H,20,22). The minimum absolute atomic E-state index is 0.508. The summed E-state index contributed by atoms with van der Waals surface area (Å²) >= 11 is 0. The van der Waals surface area contributed by atoms with Gasteiger partial charge in [0.05, 0.1) is 18.5 Å². The predicted molar refractivity (Wildman–Crippen MR) is 91.2 cm³/mol. The third-order valence-electron chi connectivity index (χ3n) is 3.63. The van der Waals surface area contributed by atoms with Gasteiger partial charge in [-0.1, -0.05) is 24.3 Å². The van der Waals surface area contributed by atoms with Gasteiger partial charge in [-0.05, 0) is 17.7 Å². The van der Waals surface area contributed by atoms with Gasteiger partial charge in [0, 0.05) is 25.0 Å². The second-order valence-electron chi connectivity index (χ2n) is 5.31. The fourth-order valence-electron chi connectivity index (χ4n) is 2.51. The molecule has 4 aromatic rings. The molecule has 4 rings (SSSR count). The summed E-state index contributed by atoms with van der Waals surface area (Å²) in [5, 5.41) is 11.7. The topological polar surface area (TPSA) is 64.4 Å². The quantitative estimate of drug-likeness (QED) is 0.588. The fraction of sp³-hybridized carbons (Fsp3) is 0.0588. The zero-order chi connectivity index (χ0) is 16.5. The molecule has 0 aliphatic heterocycles. The van der Waals surface area contributed by atoms with Gasteiger partial charge in [0.2, 0.25) is 5.95 Å². The number of fused-ring (bicyclic) bond motifs is 1. The Morgan fingerprint density at radius 2 is 2.00 bits per heavy atom. The van der Waals surface area contributed by atoms with E-state index in [1.165, 1.54) is 0 Å². The van der Waals surface area contributed by atoms with Gasteiger partial charge in [0.25, 0.3) is 0 Å². The number of pyridine rings is 1. The molecule has 7 nitrogen and oxygen atoms in total. The second-order valence-corrected chi connectivity index (χ2v) is 5.31. The smallest absolute Gasteiger partial charge is 0.247 e. The molecule has 0 atom stereocenters. The van der Waals surface area contributed by atoms with Crippen molar-refractivity contribution in [2.24, 2.45) is 7.05 Å². The van der Waals surface area contributed by atoms with Gasteiger partial charge in [-0.2, -0.15) is 10.1 Å². The number of hydrogen-bond donors (Lipinski definition) is 1. The molecule has 0 unspecified atom stereocenters. The molecule has 0 aliphatic rings. The van der Waals surface area contributed by atoms with Gasteiger partial charge in [-0.25, -0.2) is 9.36 Å². The van der Waals surface area contributed by atoms with Gasteiger partial charge in [0.15, 0.2) is 11.3 Å². The van der Waals surface area contributed by atoms with E-state index >= 15 is 0 Å². The van der Waals surface area contributed by atoms with Crippen molar-refractivity contribution in [1.82, 2.24) is 24.4 Å². The number of benzene rings is 1. The highest BCUT2D eigenvalue weighted by molar-refractivity contribution is 5.79. The van der Waals surface area contributed by atoms with Crippen LogP contribution in [0.15, 0.2) is 55.0 Å². The Morgan fingerprint density at radius 3 is 2.71 bits per heavy atom. The maximum absolute atomic E-state index is 7.05. The second kappa shape index (κ2) is 5.52. The first-order valence-corrected chi connectivity index (χ1v) is 7.32. The average Bonchev–Trinajstić information content (AvgIpc) is 3.20. The molecule has 0 amide bonds. The molecular weight excluding hydrogens is 302 g/mol. The van der Waals surface area contributed by atoms with Crippen LogP contribution >= 0.6 is 0 Å². The zero-order valence-corrected chi connectivity index (χ0v) is 12.9. The van der Waals surface area contributed by atoms with E-state index in [2.05, 4.69) is 25.3 Å². The Hall–Kier alpha value is -3.66. The molecule has 0 bridgehead atoms. The molecule has 0 radical (unpaired) electrons. The number of rotatable bonds is 3. The molecule has 3 heterocycles. The maximum Gasteiger partial charge on any atom is 0.247 e. The molecule has 24 heavy (non-hydrogen) atoms. The molecule has 0 saturated carbocycles. The molecule has 0 spiro atoms. The van der Waals surface area contributed by atoms with Gasteiger partial charge in [-0.15, -0.1) is 5.10 Å². The van der Waals surface area contributed by atoms with Gasteiger partial charge in [0.1, 0.15) is 0 Å². The lowest BCUT2D eigenvalue weighted by Gasteiger charge is -2.02. The van der Waals surface area contributed by atoms with Crippen LogP contribution in [-0.2, 0) is 7.05 Å². The highest BCUT2D eigenvalue weighted by Crippen LogP contribution is 2.26. The first kappa shape index (κ1) is 14.0. The molecule has 116 valence electrons. The maximum atomic E-state index is 7.05. The molecule has 7 heteroatoms. The van der Waals surface area contributed by atoms with Gasteiger partial charge in [-0.3, -0.25) is 4.68 Å². The van der Waals surface area contributed by atoms with Crippen molar-refractivity contribution in [3.63, 3.8) is 0 Å². The van der Waals surface area contributed by atoms with Crippen molar-refractivity contribution in [3.8, 4) is 11.1 Å². The minimum atomic E-state index is 0.508. The number of aromatic nitrogens is 5. The normalized spacial score (nSPS) is 10.7. The lowest BCUT2D eigenvalue weighted by molar-refractivity contribution is 0.768. The summed E-state index contributed by atoms with van der Waals surface area (Å²) in [6, 6.07) is 11.4. The van der Waals surface area contributed by atoms with Crippen LogP contribution in [0.25, 0.3) is 21.6 Å². The highest BCUT2D eigenvalue weighted by Gasteiger charge is 2.10. The van der Waals surface area contributed by atoms with Gasteiger partial charge < -0.3 is 5.32 Å². The molecular formula is C17H13N7. The van der Waals surface area contributed by atoms with Crippen molar-refractivity contribution in [3.05, 3.63) is 66.4 Å². The number of hydrogen-bond acceptors (Lipinski definition) is 4. The minimum Gasteiger partial charge on any atom is -0.320 e. The lowest BCUT2D eigenvalue weighted by atomic mass is 10.1. The Bertz CT molecular complexity index is 1050. The van der Waals surface area contributed by atoms with Crippen molar-refractivity contribution in [1.29, 1.82) is 0 Å². The molecule has 0 aliphatic carbocycles. The van der Waals surface area contributed by atoms with Crippen LogP contribution in [0.5, 0.6) is 0 Å². The summed E-state index contributed by atoms with van der Waals surface area (Å²) in [7, 11) is 1.85. The first-order valence-electron chi connectivity index (χ1n) is 7.32. The van der Waals surface area contributed by atoms with E-state index in [-0.39, 0.29) is 0 Å². The van der Waals surface area contributed by atoms with Crippen LogP contribution in [0.4, 0.5) is 17.3 Å². The van der Waals surface area contributed by atoms with E-state index in [1.807, 2.05) is 43.7 Å². The zero-order valence-electron chi connectivity index (χ0n) is 12.9. The van der Waals surface area contributed by atoms with E-state index in [9.17, 15) is 0 Å². The summed E-state index contributed by atoms with van der Waals surface area (Å²) in [5.41, 5.74) is 4.15. The summed E-state index contributed by atoms with van der Waals surface area (Å²) in [4.78, 5) is 8.00. The largest absolute Gasteiger partial charge is 0.320 e. The molecule has 1 aromatic carbocycles. The average molecular weight is 315 g/mol. The van der Waals surface area contributed by atoms with Crippen molar-refractivity contribution in [2.45, 2.75) is 0 Å². The highest BCUT2D eigenvalue weighted by atomic mass is 15.4. The van der Waals surface area contributed by atoms with E-state index in [4.69, 9.17) is 6.57 Å². The number of nitrogens with one attached hydrogen (secondary N) is 1. The van der Waals surface area contributed by atoms with E-state index < -0.39 is 0 Å². The van der Waals surface area contributed by atoms with Crippen LogP contribution in [0.1, 0.15) is 0 Å². The SMILES string of the molecule is [C-]#[N+]c1ccc(-c2cccn3nc(Nc4cnn(C)c4)nc23)cc1. The van der Waals surface area contributed by atoms with Crippen LogP contribution in [0.2, 0.25) is 0 Å². The van der Waals surface area contributed by atoms with Crippen LogP contribution < -0.4 is 5.32 Å². The summed E-state index contributed by atoms with van der Waals surface area (Å²) in [6.45, 7) is 7.05. The third-order valence-corrected chi connectivity index (χ3v) is 3.63. The van der Waals surface area contributed by atoms with E-state index in [0.717, 1.165) is 22.5 Å². The number of anilines is 2. The van der Waals surface area contributed by atoms with E-state index in [0.29, 0.717) is 11.6 Å². The van der Waals surface area contributed by atoms with Crippen LogP contribution in [0, 0.1) is 6.57 Å². The van der Waals surface area contributed by atoms with E-state index in [1.54, 1.807) is 27.5 Å². The van der Waals surface area contributed by atoms with Crippen molar-refractivity contribution in [2.75, 3.05) is 5.32 Å². The number of aryl methyl sites for hydroxylation is 1. The fourth-order valence-corrected chi connectivity index (χ4v) is 2.51. The van der Waals surface area contributed by atoms with Gasteiger partial charge >= 0.3 is 0 Å². The van der Waals surface area contributed by atoms with Crippen LogP contribution in [-0.4, -0.2) is 24.4 Å². The third kappa shape index (κ3) is 2.46. The van der Waals surface area contributed by atoms with Crippen molar-refractivity contribution >= 4 is 23.0 Å². The molecule has 1 N–H and O–H groups in total. The first-order chi connectivity index (χ1) is 11.7. The Morgan fingerprint density at radius 1 is 1.17 bits per heavy atom. The predicted octanol–water partition coefficient (Wildman–Crippen LogP) is 3.42. The summed E-state index contributed by atoms with van der Waals surface area (Å²) in [6.07, 6.45) is 5.43. The Labute approximate surface area is 138 Å². The summed E-state index contributed by atoms with van der Waals surface area (Å²) < 4.78 is 3.44. The monoisotopic (exact) mass is 315 g/mol. The molecule has 0 saturated heterocycles. The van der Waals surface area contributed by atoms with Crippen molar-refractivity contribution < 1.29 is 0 Å². The Balaban J connectivity index is 1.75. The molecule has 3 aromatic heterocycles. The Kier molecular flexibility index (Phi) is 3.21. The number of nitrogens with zero attached hydrogens (tertiary/aromatic N) is 6. The lowest BCUT2D eigenvalue weighted by Crippen LogP contribution is -1.92. The molecule has 0 fully saturated rings.